The zero-order valence-electron chi connectivity index (χ0n) is 9.97. The first kappa shape index (κ1) is 11.7. The maximum Gasteiger partial charge on any atom is 0.127 e. The molecule has 2 rings (SSSR count). The summed E-state index contributed by atoms with van der Waals surface area (Å²) < 4.78 is 5.53. The monoisotopic (exact) mass is 232 g/mol. The molecule has 2 N–H and O–H groups in total. The molecule has 0 spiro atoms. The summed E-state index contributed by atoms with van der Waals surface area (Å²) in [6.07, 6.45) is -0.510. The fourth-order valence-corrected chi connectivity index (χ4v) is 1.76. The normalized spacial score (nSPS) is 12.6. The van der Waals surface area contributed by atoms with E-state index in [9.17, 15) is 10.2 Å². The number of fused-ring (bicyclic) bond motifs is 1. The molecule has 0 saturated carbocycles. The predicted octanol–water partition coefficient (Wildman–Crippen LogP) is 2.61. The van der Waals surface area contributed by atoms with E-state index < -0.39 is 6.10 Å². The van der Waals surface area contributed by atoms with Crippen LogP contribution in [0, 0.1) is 6.92 Å². The number of aliphatic hydroxyl groups excluding tert-OH is 1. The molecule has 1 unspecified atom stereocenters. The Balaban J connectivity index is 2.48. The molecule has 1 atom stereocenters. The van der Waals surface area contributed by atoms with Crippen LogP contribution < -0.4 is 4.74 Å². The number of benzene rings is 2. The van der Waals surface area contributed by atoms with Crippen LogP contribution in [0.5, 0.6) is 11.5 Å². The van der Waals surface area contributed by atoms with Gasteiger partial charge in [-0.3, -0.25) is 0 Å². The van der Waals surface area contributed by atoms with Gasteiger partial charge in [-0.05, 0) is 32.0 Å². The minimum atomic E-state index is -0.510. The summed E-state index contributed by atoms with van der Waals surface area (Å²) in [5.74, 6) is 0.923. The number of hydrogen-bond donors (Lipinski definition) is 2. The minimum absolute atomic E-state index is 0.240. The Bertz CT molecular complexity index is 532. The van der Waals surface area contributed by atoms with E-state index >= 15 is 0 Å². The van der Waals surface area contributed by atoms with Gasteiger partial charge < -0.3 is 14.9 Å². The molecule has 0 bridgehead atoms. The van der Waals surface area contributed by atoms with Crippen LogP contribution in [0.1, 0.15) is 12.5 Å². The molecule has 17 heavy (non-hydrogen) atoms. The number of rotatable bonds is 3. The number of phenols is 1. The van der Waals surface area contributed by atoms with Crippen LogP contribution in [-0.4, -0.2) is 22.9 Å². The molecule has 2 aromatic carbocycles. The van der Waals surface area contributed by atoms with E-state index in [4.69, 9.17) is 4.74 Å². The summed E-state index contributed by atoms with van der Waals surface area (Å²) in [6, 6.07) is 9.11. The SMILES string of the molecule is Cc1ccc2c(O)ccc(OCC(C)O)c2c1. The molecule has 0 radical (unpaired) electrons. The fraction of sp³-hybridized carbons (Fsp3) is 0.286. The van der Waals surface area contributed by atoms with Crippen LogP contribution >= 0.6 is 0 Å². The van der Waals surface area contributed by atoms with E-state index in [1.165, 1.54) is 0 Å². The van der Waals surface area contributed by atoms with Crippen molar-refractivity contribution in [3.63, 3.8) is 0 Å². The highest BCUT2D eigenvalue weighted by Crippen LogP contribution is 2.33. The zero-order chi connectivity index (χ0) is 12.4. The first-order valence-corrected chi connectivity index (χ1v) is 5.61. The van der Waals surface area contributed by atoms with Crippen molar-refractivity contribution in [3.8, 4) is 11.5 Å². The molecule has 0 aromatic heterocycles. The molecule has 0 saturated heterocycles. The molecular weight excluding hydrogens is 216 g/mol. The number of hydrogen-bond acceptors (Lipinski definition) is 3. The van der Waals surface area contributed by atoms with Gasteiger partial charge in [0.1, 0.15) is 18.1 Å². The van der Waals surface area contributed by atoms with E-state index in [1.807, 2.05) is 25.1 Å². The summed E-state index contributed by atoms with van der Waals surface area (Å²) >= 11 is 0. The Morgan fingerprint density at radius 3 is 2.65 bits per heavy atom. The van der Waals surface area contributed by atoms with Gasteiger partial charge >= 0.3 is 0 Å². The van der Waals surface area contributed by atoms with Gasteiger partial charge in [0, 0.05) is 10.8 Å². The smallest absolute Gasteiger partial charge is 0.127 e. The maximum atomic E-state index is 9.76. The second kappa shape index (κ2) is 4.63. The van der Waals surface area contributed by atoms with Gasteiger partial charge in [-0.2, -0.15) is 0 Å². The molecule has 0 aliphatic heterocycles. The van der Waals surface area contributed by atoms with Crippen LogP contribution in [0.4, 0.5) is 0 Å². The second-order valence-corrected chi connectivity index (χ2v) is 4.29. The lowest BCUT2D eigenvalue weighted by molar-refractivity contribution is 0.123. The summed E-state index contributed by atoms with van der Waals surface area (Å²) in [4.78, 5) is 0. The van der Waals surface area contributed by atoms with Crippen molar-refractivity contribution in [1.29, 1.82) is 0 Å². The molecule has 0 heterocycles. The first-order chi connectivity index (χ1) is 8.08. The third-order valence-electron chi connectivity index (χ3n) is 2.59. The highest BCUT2D eigenvalue weighted by atomic mass is 16.5. The van der Waals surface area contributed by atoms with E-state index in [2.05, 4.69) is 0 Å². The van der Waals surface area contributed by atoms with Gasteiger partial charge in [-0.25, -0.2) is 0 Å². The van der Waals surface area contributed by atoms with E-state index in [-0.39, 0.29) is 12.4 Å². The van der Waals surface area contributed by atoms with Crippen molar-refractivity contribution in [3.05, 3.63) is 35.9 Å². The lowest BCUT2D eigenvalue weighted by Gasteiger charge is -2.12. The number of aliphatic hydroxyl groups is 1. The number of aromatic hydroxyl groups is 1. The van der Waals surface area contributed by atoms with Crippen molar-refractivity contribution in [2.75, 3.05) is 6.61 Å². The summed E-state index contributed by atoms with van der Waals surface area (Å²) in [6.45, 7) is 3.91. The van der Waals surface area contributed by atoms with Gasteiger partial charge in [0.2, 0.25) is 0 Å². The summed E-state index contributed by atoms with van der Waals surface area (Å²) in [7, 11) is 0. The Morgan fingerprint density at radius 2 is 1.94 bits per heavy atom. The largest absolute Gasteiger partial charge is 0.507 e. The fourth-order valence-electron chi connectivity index (χ4n) is 1.76. The lowest BCUT2D eigenvalue weighted by Crippen LogP contribution is -2.12. The topological polar surface area (TPSA) is 49.7 Å². The molecule has 0 aliphatic carbocycles. The third-order valence-corrected chi connectivity index (χ3v) is 2.59. The summed E-state index contributed by atoms with van der Waals surface area (Å²) in [5.41, 5.74) is 1.10. The van der Waals surface area contributed by atoms with E-state index in [0.29, 0.717) is 5.75 Å². The highest BCUT2D eigenvalue weighted by molar-refractivity contribution is 5.93. The Kier molecular flexibility index (Phi) is 3.20. The number of aryl methyl sites for hydroxylation is 1. The average Bonchev–Trinajstić information content (AvgIpc) is 2.28. The number of phenolic OH excluding ortho intramolecular Hbond substituents is 1. The molecule has 0 amide bonds. The van der Waals surface area contributed by atoms with E-state index in [0.717, 1.165) is 16.3 Å². The van der Waals surface area contributed by atoms with Gasteiger partial charge in [-0.1, -0.05) is 17.7 Å². The van der Waals surface area contributed by atoms with Crippen molar-refractivity contribution in [2.24, 2.45) is 0 Å². The molecule has 2 aromatic rings. The maximum absolute atomic E-state index is 9.76. The van der Waals surface area contributed by atoms with Crippen molar-refractivity contribution in [2.45, 2.75) is 20.0 Å². The Labute approximate surface area is 100 Å². The molecule has 0 aliphatic rings. The quantitative estimate of drug-likeness (QED) is 0.855. The third kappa shape index (κ3) is 2.50. The minimum Gasteiger partial charge on any atom is -0.507 e. The predicted molar refractivity (Wildman–Crippen MR) is 67.5 cm³/mol. The standard InChI is InChI=1S/C14H16O3/c1-9-3-4-11-12(7-9)14(6-5-13(11)16)17-8-10(2)15/h3-7,10,15-16H,8H2,1-2H3. The van der Waals surface area contributed by atoms with Gasteiger partial charge in [0.25, 0.3) is 0 Å². The van der Waals surface area contributed by atoms with E-state index in [1.54, 1.807) is 19.1 Å². The summed E-state index contributed by atoms with van der Waals surface area (Å²) in [5, 5.41) is 20.6. The highest BCUT2D eigenvalue weighted by Gasteiger charge is 2.07. The molecule has 0 fully saturated rings. The van der Waals surface area contributed by atoms with Crippen LogP contribution in [0.15, 0.2) is 30.3 Å². The van der Waals surface area contributed by atoms with Gasteiger partial charge in [0.05, 0.1) is 6.10 Å². The van der Waals surface area contributed by atoms with Crippen LogP contribution in [0.2, 0.25) is 0 Å². The second-order valence-electron chi connectivity index (χ2n) is 4.29. The Hall–Kier alpha value is -1.74. The lowest BCUT2D eigenvalue weighted by atomic mass is 10.1. The van der Waals surface area contributed by atoms with Crippen molar-refractivity contribution < 1.29 is 14.9 Å². The Morgan fingerprint density at radius 1 is 1.18 bits per heavy atom. The average molecular weight is 232 g/mol. The zero-order valence-corrected chi connectivity index (χ0v) is 9.97. The van der Waals surface area contributed by atoms with Gasteiger partial charge in [0.15, 0.2) is 0 Å². The van der Waals surface area contributed by atoms with Crippen molar-refractivity contribution in [1.82, 2.24) is 0 Å². The first-order valence-electron chi connectivity index (χ1n) is 5.61. The van der Waals surface area contributed by atoms with Crippen LogP contribution in [0.25, 0.3) is 10.8 Å². The molecule has 3 heteroatoms. The molecular formula is C14H16O3. The molecule has 90 valence electrons. The van der Waals surface area contributed by atoms with Crippen molar-refractivity contribution >= 4 is 10.8 Å². The van der Waals surface area contributed by atoms with Crippen LogP contribution in [0.3, 0.4) is 0 Å². The molecule has 3 nitrogen and oxygen atoms in total. The number of ether oxygens (including phenoxy) is 1. The van der Waals surface area contributed by atoms with Gasteiger partial charge in [-0.15, -0.1) is 0 Å². The van der Waals surface area contributed by atoms with Crippen LogP contribution in [-0.2, 0) is 0 Å².